The van der Waals surface area contributed by atoms with E-state index in [2.05, 4.69) is 0 Å². The third-order valence-electron chi connectivity index (χ3n) is 1.84. The summed E-state index contributed by atoms with van der Waals surface area (Å²) >= 11 is 1.09. The molecule has 1 heterocycles. The minimum Gasteiger partial charge on any atom is -0.502 e. The van der Waals surface area contributed by atoms with Crippen LogP contribution in [0.25, 0.3) is 10.1 Å². The number of phenols is 1. The number of nitrogens with zero attached hydrogens (tertiary/aromatic N) is 1. The lowest BCUT2D eigenvalue weighted by atomic mass is 10.2. The number of nitro groups is 1. The number of phenolic OH excluding ortho intramolecular Hbond substituents is 1. The highest BCUT2D eigenvalue weighted by molar-refractivity contribution is 7.17. The summed E-state index contributed by atoms with van der Waals surface area (Å²) in [7, 11) is 0. The summed E-state index contributed by atoms with van der Waals surface area (Å²) in [5, 5.41) is 21.6. The summed E-state index contributed by atoms with van der Waals surface area (Å²) in [5.74, 6) is -1.16. The normalized spacial score (nSPS) is 10.6. The molecule has 0 unspecified atom stereocenters. The summed E-state index contributed by atoms with van der Waals surface area (Å²) in [5.41, 5.74) is -0.603. The molecule has 0 atom stereocenters. The zero-order chi connectivity index (χ0) is 10.3. The van der Waals surface area contributed by atoms with Gasteiger partial charge in [0, 0.05) is 5.39 Å². The van der Waals surface area contributed by atoms with Crippen molar-refractivity contribution in [3.8, 4) is 5.75 Å². The Balaban J connectivity index is 2.88. The van der Waals surface area contributed by atoms with Gasteiger partial charge in [-0.05, 0) is 11.4 Å². The van der Waals surface area contributed by atoms with Gasteiger partial charge in [-0.1, -0.05) is 0 Å². The van der Waals surface area contributed by atoms with E-state index in [-0.39, 0.29) is 10.1 Å². The van der Waals surface area contributed by atoms with Crippen LogP contribution < -0.4 is 0 Å². The first-order valence-electron chi connectivity index (χ1n) is 3.64. The first-order chi connectivity index (χ1) is 6.61. The second-order valence-electron chi connectivity index (χ2n) is 2.65. The quantitative estimate of drug-likeness (QED) is 0.585. The molecule has 0 aliphatic carbocycles. The molecule has 0 aliphatic rings. The van der Waals surface area contributed by atoms with Crippen molar-refractivity contribution in [2.45, 2.75) is 0 Å². The van der Waals surface area contributed by atoms with Crippen molar-refractivity contribution < 1.29 is 14.4 Å². The molecule has 72 valence electrons. The third kappa shape index (κ3) is 1.12. The molecule has 14 heavy (non-hydrogen) atoms. The summed E-state index contributed by atoms with van der Waals surface area (Å²) < 4.78 is 13.4. The molecule has 0 bridgehead atoms. The molecule has 1 aromatic heterocycles. The molecule has 6 heteroatoms. The Morgan fingerprint density at radius 1 is 1.57 bits per heavy atom. The number of hydrogen-bond acceptors (Lipinski definition) is 4. The maximum Gasteiger partial charge on any atom is 0.314 e. The largest absolute Gasteiger partial charge is 0.502 e. The average Bonchev–Trinajstić information content (AvgIpc) is 2.59. The van der Waals surface area contributed by atoms with Gasteiger partial charge in [0.05, 0.1) is 15.7 Å². The van der Waals surface area contributed by atoms with Crippen LogP contribution in [0.3, 0.4) is 0 Å². The lowest BCUT2D eigenvalue weighted by Crippen LogP contribution is -1.90. The number of halogens is 1. The van der Waals surface area contributed by atoms with E-state index in [1.807, 2.05) is 0 Å². The van der Waals surface area contributed by atoms with Crippen molar-refractivity contribution in [2.24, 2.45) is 0 Å². The molecule has 2 rings (SSSR count). The van der Waals surface area contributed by atoms with E-state index in [9.17, 15) is 19.6 Å². The summed E-state index contributed by atoms with van der Waals surface area (Å²) in [6, 6.07) is 2.18. The molecular formula is C8H4FNO3S. The van der Waals surface area contributed by atoms with Gasteiger partial charge in [0.1, 0.15) is 5.82 Å². The molecule has 0 radical (unpaired) electrons. The molecule has 0 aliphatic heterocycles. The average molecular weight is 213 g/mol. The fourth-order valence-electron chi connectivity index (χ4n) is 1.21. The van der Waals surface area contributed by atoms with Crippen LogP contribution in [0.15, 0.2) is 17.5 Å². The number of benzene rings is 1. The molecule has 0 saturated heterocycles. The molecule has 1 N–H and O–H groups in total. The highest BCUT2D eigenvalue weighted by Crippen LogP contribution is 2.38. The molecule has 1 aromatic carbocycles. The van der Waals surface area contributed by atoms with E-state index in [1.54, 1.807) is 5.38 Å². The molecule has 2 aromatic rings. The number of hydrogen-bond donors (Lipinski definition) is 1. The topological polar surface area (TPSA) is 63.4 Å². The summed E-state index contributed by atoms with van der Waals surface area (Å²) in [6.07, 6.45) is 0. The van der Waals surface area contributed by atoms with Gasteiger partial charge < -0.3 is 5.11 Å². The SMILES string of the molecule is O=[N+]([O-])c1cc(F)c2sccc2c1O. The van der Waals surface area contributed by atoms with Gasteiger partial charge >= 0.3 is 5.69 Å². The lowest BCUT2D eigenvalue weighted by Gasteiger charge is -1.98. The second-order valence-corrected chi connectivity index (χ2v) is 3.56. The maximum absolute atomic E-state index is 13.2. The van der Waals surface area contributed by atoms with Gasteiger partial charge in [0.15, 0.2) is 0 Å². The number of aromatic hydroxyl groups is 1. The minimum atomic E-state index is -0.810. The van der Waals surface area contributed by atoms with Crippen LogP contribution >= 0.6 is 11.3 Å². The molecule has 0 saturated carbocycles. The van der Waals surface area contributed by atoms with Gasteiger partial charge in [-0.3, -0.25) is 10.1 Å². The predicted octanol–water partition coefficient (Wildman–Crippen LogP) is 2.65. The smallest absolute Gasteiger partial charge is 0.314 e. The van der Waals surface area contributed by atoms with Crippen molar-refractivity contribution in [3.05, 3.63) is 33.4 Å². The van der Waals surface area contributed by atoms with Crippen LogP contribution in [-0.2, 0) is 0 Å². The number of nitro benzene ring substituents is 1. The summed E-state index contributed by atoms with van der Waals surface area (Å²) in [4.78, 5) is 9.61. The fraction of sp³-hybridized carbons (Fsp3) is 0. The Kier molecular flexibility index (Phi) is 1.85. The summed E-state index contributed by atoms with van der Waals surface area (Å²) in [6.45, 7) is 0. The van der Waals surface area contributed by atoms with E-state index in [0.717, 1.165) is 17.4 Å². The molecule has 0 amide bonds. The standard InChI is InChI=1S/C8H4FNO3S/c9-5-3-6(10(12)13)7(11)4-1-2-14-8(4)5/h1-3,11H. The van der Waals surface area contributed by atoms with Gasteiger partial charge in [-0.2, -0.15) is 0 Å². The molecule has 0 fully saturated rings. The Bertz CT molecular complexity index is 523. The van der Waals surface area contributed by atoms with Crippen LogP contribution in [0, 0.1) is 15.9 Å². The van der Waals surface area contributed by atoms with Crippen LogP contribution in [0.1, 0.15) is 0 Å². The van der Waals surface area contributed by atoms with E-state index < -0.39 is 22.2 Å². The Labute approximate surface area is 81.4 Å². The molecule has 4 nitrogen and oxygen atoms in total. The molecular weight excluding hydrogens is 209 g/mol. The van der Waals surface area contributed by atoms with Crippen LogP contribution in [-0.4, -0.2) is 10.0 Å². The monoisotopic (exact) mass is 213 g/mol. The van der Waals surface area contributed by atoms with Gasteiger partial charge in [-0.25, -0.2) is 4.39 Å². The van der Waals surface area contributed by atoms with Gasteiger partial charge in [0.2, 0.25) is 5.75 Å². The van der Waals surface area contributed by atoms with Crippen molar-refractivity contribution >= 4 is 27.1 Å². The zero-order valence-corrected chi connectivity index (χ0v) is 7.55. The maximum atomic E-state index is 13.2. The highest BCUT2D eigenvalue weighted by Gasteiger charge is 2.20. The van der Waals surface area contributed by atoms with E-state index in [4.69, 9.17) is 0 Å². The van der Waals surface area contributed by atoms with Gasteiger partial charge in [0.25, 0.3) is 0 Å². The van der Waals surface area contributed by atoms with Gasteiger partial charge in [-0.15, -0.1) is 11.3 Å². The number of rotatable bonds is 1. The zero-order valence-electron chi connectivity index (χ0n) is 6.73. The number of fused-ring (bicyclic) bond motifs is 1. The van der Waals surface area contributed by atoms with E-state index in [0.29, 0.717) is 0 Å². The highest BCUT2D eigenvalue weighted by atomic mass is 32.1. The lowest BCUT2D eigenvalue weighted by molar-refractivity contribution is -0.385. The Hall–Kier alpha value is -1.69. The molecule has 0 spiro atoms. The van der Waals surface area contributed by atoms with Crippen molar-refractivity contribution in [1.82, 2.24) is 0 Å². The van der Waals surface area contributed by atoms with E-state index in [1.165, 1.54) is 6.07 Å². The Morgan fingerprint density at radius 2 is 2.29 bits per heavy atom. The van der Waals surface area contributed by atoms with Crippen LogP contribution in [0.4, 0.5) is 10.1 Å². The first-order valence-corrected chi connectivity index (χ1v) is 4.52. The minimum absolute atomic E-state index is 0.182. The van der Waals surface area contributed by atoms with Crippen molar-refractivity contribution in [1.29, 1.82) is 0 Å². The third-order valence-corrected chi connectivity index (χ3v) is 2.76. The first kappa shape index (κ1) is 8.89. The van der Waals surface area contributed by atoms with Crippen molar-refractivity contribution in [2.75, 3.05) is 0 Å². The number of thiophene rings is 1. The van der Waals surface area contributed by atoms with Crippen molar-refractivity contribution in [3.63, 3.8) is 0 Å². The Morgan fingerprint density at radius 3 is 2.93 bits per heavy atom. The second kappa shape index (κ2) is 2.91. The predicted molar refractivity (Wildman–Crippen MR) is 50.1 cm³/mol. The van der Waals surface area contributed by atoms with E-state index >= 15 is 0 Å². The fourth-order valence-corrected chi connectivity index (χ4v) is 2.02. The van der Waals surface area contributed by atoms with Crippen LogP contribution in [0.2, 0.25) is 0 Å². The van der Waals surface area contributed by atoms with Crippen LogP contribution in [0.5, 0.6) is 5.75 Å².